The van der Waals surface area contributed by atoms with Crippen molar-refractivity contribution in [2.45, 2.75) is 23.9 Å². The van der Waals surface area contributed by atoms with Gasteiger partial charge in [-0.1, -0.05) is 41.4 Å². The fraction of sp³-hybridized carbons (Fsp3) is 0.208. The molecule has 1 fully saturated rings. The third-order valence-corrected chi connectivity index (χ3v) is 8.28. The van der Waals surface area contributed by atoms with Crippen molar-refractivity contribution in [2.75, 3.05) is 18.0 Å². The van der Waals surface area contributed by atoms with E-state index in [2.05, 4.69) is 11.0 Å². The highest BCUT2D eigenvalue weighted by Crippen LogP contribution is 2.32. The SMILES string of the molecule is N#Cc1ccc(N(Cc2ccccc2Cl)[C@H]2CCN(S(=O)(=O)c3ccc(F)cc3)C2)cc1Cl. The molecule has 1 aliphatic heterocycles. The molecule has 0 unspecified atom stereocenters. The summed E-state index contributed by atoms with van der Waals surface area (Å²) in [5.74, 6) is -0.489. The van der Waals surface area contributed by atoms with Crippen LogP contribution in [0.15, 0.2) is 71.6 Å². The zero-order chi connectivity index (χ0) is 23.6. The Morgan fingerprint density at radius 1 is 1.06 bits per heavy atom. The average Bonchev–Trinajstić information content (AvgIpc) is 3.30. The number of hydrogen-bond acceptors (Lipinski definition) is 4. The summed E-state index contributed by atoms with van der Waals surface area (Å²) in [6.07, 6.45) is 0.586. The molecule has 3 aromatic carbocycles. The molecule has 1 saturated heterocycles. The van der Waals surface area contributed by atoms with Gasteiger partial charge in [0.1, 0.15) is 11.9 Å². The minimum atomic E-state index is -3.76. The van der Waals surface area contributed by atoms with E-state index in [1.807, 2.05) is 18.2 Å². The maximum absolute atomic E-state index is 13.3. The van der Waals surface area contributed by atoms with Crippen molar-refractivity contribution in [3.63, 3.8) is 0 Å². The van der Waals surface area contributed by atoms with Gasteiger partial charge in [0.2, 0.25) is 10.0 Å². The molecule has 1 aliphatic rings. The van der Waals surface area contributed by atoms with E-state index in [1.165, 1.54) is 16.4 Å². The fourth-order valence-corrected chi connectivity index (χ4v) is 5.86. The number of halogens is 3. The molecule has 0 saturated carbocycles. The Kier molecular flexibility index (Phi) is 6.91. The van der Waals surface area contributed by atoms with Crippen molar-refractivity contribution in [2.24, 2.45) is 0 Å². The number of benzene rings is 3. The van der Waals surface area contributed by atoms with Crippen LogP contribution < -0.4 is 4.90 Å². The number of nitriles is 1. The average molecular weight is 504 g/mol. The Labute approximate surface area is 202 Å². The molecule has 0 radical (unpaired) electrons. The van der Waals surface area contributed by atoms with Crippen LogP contribution in [0.3, 0.4) is 0 Å². The topological polar surface area (TPSA) is 64.4 Å². The van der Waals surface area contributed by atoms with Crippen molar-refractivity contribution >= 4 is 38.9 Å². The lowest BCUT2D eigenvalue weighted by atomic mass is 10.1. The van der Waals surface area contributed by atoms with Gasteiger partial charge in [-0.05, 0) is 60.5 Å². The standard InChI is InChI=1S/C24H20Cl2FN3O2S/c25-23-4-2-1-3-18(23)15-30(20-8-5-17(14-28)24(26)13-20)21-11-12-29(16-21)33(31,32)22-9-6-19(27)7-10-22/h1-10,13,21H,11-12,15-16H2/t21-/m0/s1. The Morgan fingerprint density at radius 3 is 2.45 bits per heavy atom. The second-order valence-electron chi connectivity index (χ2n) is 7.75. The van der Waals surface area contributed by atoms with E-state index in [-0.39, 0.29) is 17.5 Å². The summed E-state index contributed by atoms with van der Waals surface area (Å²) in [5, 5.41) is 10.2. The summed E-state index contributed by atoms with van der Waals surface area (Å²) < 4.78 is 40.9. The second kappa shape index (κ2) is 9.70. The van der Waals surface area contributed by atoms with Gasteiger partial charge in [0.25, 0.3) is 0 Å². The molecule has 0 N–H and O–H groups in total. The maximum Gasteiger partial charge on any atom is 0.243 e. The second-order valence-corrected chi connectivity index (χ2v) is 10.5. The summed E-state index contributed by atoms with van der Waals surface area (Å²) >= 11 is 12.7. The van der Waals surface area contributed by atoms with Crippen LogP contribution in [0.2, 0.25) is 10.0 Å². The molecule has 9 heteroatoms. The number of hydrogen-bond donors (Lipinski definition) is 0. The van der Waals surface area contributed by atoms with Crippen molar-refractivity contribution in [1.29, 1.82) is 5.26 Å². The number of rotatable bonds is 6. The van der Waals surface area contributed by atoms with Gasteiger partial charge in [0.05, 0.1) is 15.5 Å². The quantitative estimate of drug-likeness (QED) is 0.447. The third-order valence-electron chi connectivity index (χ3n) is 5.72. The lowest BCUT2D eigenvalue weighted by Gasteiger charge is -2.32. The van der Waals surface area contributed by atoms with Gasteiger partial charge in [-0.15, -0.1) is 0 Å². The first kappa shape index (κ1) is 23.5. The zero-order valence-electron chi connectivity index (χ0n) is 17.5. The molecular weight excluding hydrogens is 484 g/mol. The molecule has 0 bridgehead atoms. The van der Waals surface area contributed by atoms with E-state index < -0.39 is 15.8 Å². The molecule has 0 amide bonds. The normalized spacial score (nSPS) is 16.5. The van der Waals surface area contributed by atoms with E-state index in [9.17, 15) is 18.1 Å². The molecule has 33 heavy (non-hydrogen) atoms. The van der Waals surface area contributed by atoms with Crippen LogP contribution in [0, 0.1) is 17.1 Å². The Bertz CT molecular complexity index is 1310. The largest absolute Gasteiger partial charge is 0.363 e. The molecule has 4 rings (SSSR count). The van der Waals surface area contributed by atoms with E-state index in [1.54, 1.807) is 24.3 Å². The van der Waals surface area contributed by atoms with Crippen molar-refractivity contribution < 1.29 is 12.8 Å². The zero-order valence-corrected chi connectivity index (χ0v) is 19.8. The van der Waals surface area contributed by atoms with Crippen LogP contribution in [0.25, 0.3) is 0 Å². The monoisotopic (exact) mass is 503 g/mol. The lowest BCUT2D eigenvalue weighted by molar-refractivity contribution is 0.468. The summed E-state index contributed by atoms with van der Waals surface area (Å²) in [4.78, 5) is 2.12. The molecule has 0 spiro atoms. The highest BCUT2D eigenvalue weighted by Gasteiger charge is 2.35. The van der Waals surface area contributed by atoms with Crippen LogP contribution in [0.4, 0.5) is 10.1 Å². The van der Waals surface area contributed by atoms with Crippen LogP contribution >= 0.6 is 23.2 Å². The van der Waals surface area contributed by atoms with Crippen LogP contribution in [-0.4, -0.2) is 31.9 Å². The first-order valence-corrected chi connectivity index (χ1v) is 12.4. The third kappa shape index (κ3) is 4.99. The van der Waals surface area contributed by atoms with Crippen LogP contribution in [-0.2, 0) is 16.6 Å². The van der Waals surface area contributed by atoms with E-state index in [4.69, 9.17) is 23.2 Å². The summed E-state index contributed by atoms with van der Waals surface area (Å²) in [6.45, 7) is 1.02. The lowest BCUT2D eigenvalue weighted by Crippen LogP contribution is -2.38. The minimum Gasteiger partial charge on any atom is -0.363 e. The number of anilines is 1. The molecule has 170 valence electrons. The van der Waals surface area contributed by atoms with Gasteiger partial charge >= 0.3 is 0 Å². The predicted octanol–water partition coefficient (Wildman–Crippen LogP) is 5.47. The maximum atomic E-state index is 13.3. The van der Waals surface area contributed by atoms with Crippen LogP contribution in [0.1, 0.15) is 17.5 Å². The van der Waals surface area contributed by atoms with Gasteiger partial charge in [0.15, 0.2) is 0 Å². The van der Waals surface area contributed by atoms with Crippen molar-refractivity contribution in [1.82, 2.24) is 4.31 Å². The van der Waals surface area contributed by atoms with Gasteiger partial charge in [0, 0.05) is 36.4 Å². The number of sulfonamides is 1. The first-order valence-electron chi connectivity index (χ1n) is 10.2. The summed E-state index contributed by atoms with van der Waals surface area (Å²) in [6, 6.07) is 19.4. The highest BCUT2D eigenvalue weighted by molar-refractivity contribution is 7.89. The molecule has 3 aromatic rings. The van der Waals surface area contributed by atoms with Gasteiger partial charge in [-0.3, -0.25) is 0 Å². The molecule has 0 aliphatic carbocycles. The highest BCUT2D eigenvalue weighted by atomic mass is 35.5. The first-order chi connectivity index (χ1) is 15.8. The molecular formula is C24H20Cl2FN3O2S. The smallest absolute Gasteiger partial charge is 0.243 e. The van der Waals surface area contributed by atoms with E-state index in [0.717, 1.165) is 23.4 Å². The minimum absolute atomic E-state index is 0.0589. The summed E-state index contributed by atoms with van der Waals surface area (Å²) in [7, 11) is -3.76. The molecule has 0 aromatic heterocycles. The van der Waals surface area contributed by atoms with Crippen molar-refractivity contribution in [3.05, 3.63) is 93.7 Å². The predicted molar refractivity (Wildman–Crippen MR) is 127 cm³/mol. The Hall–Kier alpha value is -2.63. The Morgan fingerprint density at radius 2 is 1.79 bits per heavy atom. The summed E-state index contributed by atoms with van der Waals surface area (Å²) in [5.41, 5.74) is 2.02. The van der Waals surface area contributed by atoms with Crippen molar-refractivity contribution in [3.8, 4) is 6.07 Å². The van der Waals surface area contributed by atoms with Crippen LogP contribution in [0.5, 0.6) is 0 Å². The number of nitrogens with zero attached hydrogens (tertiary/aromatic N) is 3. The van der Waals surface area contributed by atoms with Gasteiger partial charge in [-0.25, -0.2) is 12.8 Å². The van der Waals surface area contributed by atoms with Gasteiger partial charge < -0.3 is 4.90 Å². The fourth-order valence-electron chi connectivity index (χ4n) is 3.95. The van der Waals surface area contributed by atoms with E-state index >= 15 is 0 Å². The Balaban J connectivity index is 1.65. The van der Waals surface area contributed by atoms with Gasteiger partial charge in [-0.2, -0.15) is 9.57 Å². The molecule has 1 heterocycles. The molecule has 1 atom stereocenters. The van der Waals surface area contributed by atoms with E-state index in [0.29, 0.717) is 35.1 Å². The molecule has 5 nitrogen and oxygen atoms in total.